The molecule has 0 atom stereocenters. The maximum atomic E-state index is 11.7. The molecule has 0 heterocycles. The van der Waals surface area contributed by atoms with Crippen LogP contribution in [0.2, 0.25) is 0 Å². The van der Waals surface area contributed by atoms with Gasteiger partial charge in [0.05, 0.1) is 0 Å². The van der Waals surface area contributed by atoms with Gasteiger partial charge in [0.15, 0.2) is 0 Å². The first-order chi connectivity index (χ1) is 9.19. The summed E-state index contributed by atoms with van der Waals surface area (Å²) in [6, 6.07) is 0. The SMILES string of the molecule is CCC(CC)CN(CC)CC1(C=O)CCCCCC1. The second-order valence-electron chi connectivity index (χ2n) is 6.40. The van der Waals surface area contributed by atoms with E-state index in [-0.39, 0.29) is 5.41 Å². The van der Waals surface area contributed by atoms with E-state index in [1.807, 2.05) is 0 Å². The highest BCUT2D eigenvalue weighted by atomic mass is 16.1. The van der Waals surface area contributed by atoms with Gasteiger partial charge in [0.1, 0.15) is 6.29 Å². The molecule has 0 radical (unpaired) electrons. The molecule has 1 rings (SSSR count). The van der Waals surface area contributed by atoms with Crippen LogP contribution in [0.5, 0.6) is 0 Å². The van der Waals surface area contributed by atoms with Crippen LogP contribution in [0.25, 0.3) is 0 Å². The molecule has 19 heavy (non-hydrogen) atoms. The first-order valence-electron chi connectivity index (χ1n) is 8.38. The summed E-state index contributed by atoms with van der Waals surface area (Å²) in [6.45, 7) is 10.0. The normalized spacial score (nSPS) is 19.6. The minimum atomic E-state index is -0.0431. The third-order valence-corrected chi connectivity index (χ3v) is 5.01. The third-order valence-electron chi connectivity index (χ3n) is 5.01. The lowest BCUT2D eigenvalue weighted by molar-refractivity contribution is -0.118. The lowest BCUT2D eigenvalue weighted by atomic mass is 9.81. The van der Waals surface area contributed by atoms with Crippen LogP contribution >= 0.6 is 0 Å². The summed E-state index contributed by atoms with van der Waals surface area (Å²) < 4.78 is 0. The van der Waals surface area contributed by atoms with E-state index >= 15 is 0 Å². The van der Waals surface area contributed by atoms with E-state index in [0.29, 0.717) is 0 Å². The van der Waals surface area contributed by atoms with Gasteiger partial charge < -0.3 is 9.69 Å². The fourth-order valence-electron chi connectivity index (χ4n) is 3.41. The number of hydrogen-bond donors (Lipinski definition) is 0. The zero-order valence-electron chi connectivity index (χ0n) is 13.3. The molecule has 0 aromatic heterocycles. The number of hydrogen-bond acceptors (Lipinski definition) is 2. The fourth-order valence-corrected chi connectivity index (χ4v) is 3.41. The maximum absolute atomic E-state index is 11.7. The summed E-state index contributed by atoms with van der Waals surface area (Å²) in [5.41, 5.74) is -0.0431. The molecule has 1 saturated carbocycles. The molecule has 1 fully saturated rings. The summed E-state index contributed by atoms with van der Waals surface area (Å²) >= 11 is 0. The summed E-state index contributed by atoms with van der Waals surface area (Å²) in [6.07, 6.45) is 11.1. The second kappa shape index (κ2) is 8.73. The van der Waals surface area contributed by atoms with Gasteiger partial charge in [-0.2, -0.15) is 0 Å². The van der Waals surface area contributed by atoms with Crippen molar-refractivity contribution < 1.29 is 4.79 Å². The smallest absolute Gasteiger partial charge is 0.127 e. The molecule has 0 saturated heterocycles. The highest BCUT2D eigenvalue weighted by molar-refractivity contribution is 5.59. The average Bonchev–Trinajstić information content (AvgIpc) is 2.69. The summed E-state index contributed by atoms with van der Waals surface area (Å²) in [7, 11) is 0. The minimum absolute atomic E-state index is 0.0431. The van der Waals surface area contributed by atoms with E-state index in [4.69, 9.17) is 0 Å². The van der Waals surface area contributed by atoms with Crippen LogP contribution in [0.3, 0.4) is 0 Å². The van der Waals surface area contributed by atoms with Gasteiger partial charge in [-0.25, -0.2) is 0 Å². The molecule has 2 heteroatoms. The molecule has 0 unspecified atom stereocenters. The largest absolute Gasteiger partial charge is 0.303 e. The van der Waals surface area contributed by atoms with Crippen molar-refractivity contribution in [1.29, 1.82) is 0 Å². The molecular formula is C17H33NO. The molecule has 112 valence electrons. The molecule has 2 nitrogen and oxygen atoms in total. The van der Waals surface area contributed by atoms with Crippen molar-refractivity contribution in [3.05, 3.63) is 0 Å². The zero-order chi connectivity index (χ0) is 14.1. The van der Waals surface area contributed by atoms with Crippen LogP contribution in [0.15, 0.2) is 0 Å². The third kappa shape index (κ3) is 5.25. The number of carbonyl (C=O) groups excluding carboxylic acids is 1. The van der Waals surface area contributed by atoms with Gasteiger partial charge in [-0.1, -0.05) is 59.3 Å². The maximum Gasteiger partial charge on any atom is 0.127 e. The molecular weight excluding hydrogens is 234 g/mol. The first kappa shape index (κ1) is 16.7. The van der Waals surface area contributed by atoms with E-state index < -0.39 is 0 Å². The Labute approximate surface area is 119 Å². The van der Waals surface area contributed by atoms with Gasteiger partial charge >= 0.3 is 0 Å². The van der Waals surface area contributed by atoms with Crippen molar-refractivity contribution >= 4 is 6.29 Å². The monoisotopic (exact) mass is 267 g/mol. The number of carbonyl (C=O) groups is 1. The van der Waals surface area contributed by atoms with E-state index in [2.05, 4.69) is 25.7 Å². The second-order valence-corrected chi connectivity index (χ2v) is 6.40. The summed E-state index contributed by atoms with van der Waals surface area (Å²) in [4.78, 5) is 14.2. The molecule has 1 aliphatic carbocycles. The van der Waals surface area contributed by atoms with Crippen molar-refractivity contribution in [2.75, 3.05) is 19.6 Å². The zero-order valence-corrected chi connectivity index (χ0v) is 13.3. The van der Waals surface area contributed by atoms with Crippen LogP contribution in [0.1, 0.15) is 72.1 Å². The molecule has 0 amide bonds. The summed E-state index contributed by atoms with van der Waals surface area (Å²) in [5, 5.41) is 0. The van der Waals surface area contributed by atoms with E-state index in [0.717, 1.165) is 31.8 Å². The number of nitrogens with zero attached hydrogens (tertiary/aromatic N) is 1. The topological polar surface area (TPSA) is 20.3 Å². The standard InChI is InChI=1S/C17H33NO/c1-4-16(5-2)13-18(6-3)14-17(15-19)11-9-7-8-10-12-17/h15-16H,4-14H2,1-3H3. The van der Waals surface area contributed by atoms with Crippen LogP contribution in [-0.2, 0) is 4.79 Å². The Kier molecular flexibility index (Phi) is 7.67. The molecule has 0 aromatic rings. The van der Waals surface area contributed by atoms with Crippen molar-refractivity contribution in [2.24, 2.45) is 11.3 Å². The van der Waals surface area contributed by atoms with Gasteiger partial charge in [0, 0.05) is 18.5 Å². The molecule has 0 N–H and O–H groups in total. The molecule has 0 aromatic carbocycles. The van der Waals surface area contributed by atoms with Gasteiger partial charge in [-0.15, -0.1) is 0 Å². The lowest BCUT2D eigenvalue weighted by Gasteiger charge is -2.35. The quantitative estimate of drug-likeness (QED) is 0.483. The van der Waals surface area contributed by atoms with E-state index in [1.54, 1.807) is 0 Å². The fraction of sp³-hybridized carbons (Fsp3) is 0.941. The Balaban J connectivity index is 2.62. The molecule has 0 spiro atoms. The van der Waals surface area contributed by atoms with Crippen molar-refractivity contribution in [3.63, 3.8) is 0 Å². The number of rotatable bonds is 8. The van der Waals surface area contributed by atoms with Crippen molar-refractivity contribution in [1.82, 2.24) is 4.90 Å². The average molecular weight is 267 g/mol. The Morgan fingerprint density at radius 2 is 1.63 bits per heavy atom. The van der Waals surface area contributed by atoms with E-state index in [1.165, 1.54) is 51.4 Å². The highest BCUT2D eigenvalue weighted by Crippen LogP contribution is 2.34. The Bertz CT molecular complexity index is 240. The highest BCUT2D eigenvalue weighted by Gasteiger charge is 2.32. The van der Waals surface area contributed by atoms with Gasteiger partial charge in [-0.3, -0.25) is 0 Å². The van der Waals surface area contributed by atoms with Crippen LogP contribution < -0.4 is 0 Å². The predicted octanol–water partition coefficient (Wildman–Crippen LogP) is 4.28. The number of aldehydes is 1. The van der Waals surface area contributed by atoms with Crippen LogP contribution in [-0.4, -0.2) is 30.8 Å². The van der Waals surface area contributed by atoms with Crippen LogP contribution in [0.4, 0.5) is 0 Å². The van der Waals surface area contributed by atoms with Crippen LogP contribution in [0, 0.1) is 11.3 Å². The Morgan fingerprint density at radius 3 is 2.05 bits per heavy atom. The molecule has 0 bridgehead atoms. The molecule has 0 aliphatic heterocycles. The van der Waals surface area contributed by atoms with Gasteiger partial charge in [-0.05, 0) is 25.3 Å². The molecule has 1 aliphatic rings. The Hall–Kier alpha value is -0.370. The minimum Gasteiger partial charge on any atom is -0.303 e. The Morgan fingerprint density at radius 1 is 1.05 bits per heavy atom. The van der Waals surface area contributed by atoms with Gasteiger partial charge in [0.25, 0.3) is 0 Å². The lowest BCUT2D eigenvalue weighted by Crippen LogP contribution is -2.41. The van der Waals surface area contributed by atoms with E-state index in [9.17, 15) is 4.79 Å². The summed E-state index contributed by atoms with van der Waals surface area (Å²) in [5.74, 6) is 0.787. The van der Waals surface area contributed by atoms with Crippen molar-refractivity contribution in [2.45, 2.75) is 72.1 Å². The van der Waals surface area contributed by atoms with Gasteiger partial charge in [0.2, 0.25) is 0 Å². The first-order valence-corrected chi connectivity index (χ1v) is 8.38. The van der Waals surface area contributed by atoms with Crippen molar-refractivity contribution in [3.8, 4) is 0 Å². The predicted molar refractivity (Wildman–Crippen MR) is 82.4 cm³/mol.